The van der Waals surface area contributed by atoms with Crippen molar-refractivity contribution < 1.29 is 47.2 Å². The van der Waals surface area contributed by atoms with Gasteiger partial charge in [0.15, 0.2) is 17.4 Å². The molecule has 4 rings (SSSR count). The van der Waals surface area contributed by atoms with E-state index in [1.54, 1.807) is 39.0 Å². The van der Waals surface area contributed by atoms with Crippen molar-refractivity contribution in [2.45, 2.75) is 64.1 Å². The summed E-state index contributed by atoms with van der Waals surface area (Å²) in [6.07, 6.45) is -4.86. The first-order valence-electron chi connectivity index (χ1n) is 12.7. The van der Waals surface area contributed by atoms with Gasteiger partial charge in [-0.1, -0.05) is 18.2 Å². The normalized spacial score (nSPS) is 24.7. The Morgan fingerprint density at radius 1 is 1.27 bits per heavy atom. The molecular formula is C24H32FN6O9P. The zero-order valence-corrected chi connectivity index (χ0v) is 23.6. The molecule has 1 aliphatic rings. The molecule has 5 N–H and O–H groups in total. The average molecular weight is 599 g/mol. The number of nitrogens with one attached hydrogen (secondary N) is 1. The van der Waals surface area contributed by atoms with Crippen LogP contribution in [0.15, 0.2) is 36.7 Å². The van der Waals surface area contributed by atoms with E-state index in [1.165, 1.54) is 25.4 Å². The molecule has 2 aromatic heterocycles. The fourth-order valence-corrected chi connectivity index (χ4v) is 5.43. The molecule has 0 spiro atoms. The van der Waals surface area contributed by atoms with Gasteiger partial charge in [0.1, 0.15) is 30.6 Å². The van der Waals surface area contributed by atoms with E-state index < -0.39 is 56.8 Å². The van der Waals surface area contributed by atoms with Gasteiger partial charge in [0.05, 0.1) is 19.0 Å². The third-order valence-electron chi connectivity index (χ3n) is 5.79. The van der Waals surface area contributed by atoms with Crippen LogP contribution in [-0.2, 0) is 23.4 Å². The van der Waals surface area contributed by atoms with Crippen LogP contribution in [-0.4, -0.2) is 79.1 Å². The van der Waals surface area contributed by atoms with E-state index in [9.17, 15) is 19.6 Å². The number of benzene rings is 1. The molecule has 3 aromatic rings. The van der Waals surface area contributed by atoms with Gasteiger partial charge in [0.25, 0.3) is 5.85 Å². The number of halogens is 1. The molecule has 0 saturated carbocycles. The number of carbonyl (C=O) groups excluding carboxylic acids is 1. The lowest BCUT2D eigenvalue weighted by Gasteiger charge is -2.27. The van der Waals surface area contributed by atoms with E-state index in [0.717, 1.165) is 4.57 Å². The molecule has 0 bridgehead atoms. The Bertz CT molecular complexity index is 1410. The number of hydrogen-bond donors (Lipinski definition) is 4. The second-order valence-electron chi connectivity index (χ2n) is 9.39. The number of aliphatic hydroxyl groups is 2. The Balaban J connectivity index is 1.57. The highest BCUT2D eigenvalue weighted by Crippen LogP contribution is 2.48. The van der Waals surface area contributed by atoms with E-state index in [-0.39, 0.29) is 35.3 Å². The van der Waals surface area contributed by atoms with Crippen molar-refractivity contribution in [3.63, 3.8) is 0 Å². The standard InChI is InChI=1S/C24H32FN6O9P/c1-5-36-20-16-19(28-23(26)29-20)31(12-27-16)21-17(32)18(33)24(25,39-21)11-37-41(35,40-15-9-7-6-8-10-15)30-14(4)22(34)38-13(2)3/h6-10,12-14,17-18,21,32-33H,5,11H2,1-4H3,(H,30,35)(H2,26,28,29)/t14-,17+,18-,21+,24+,41?/m0/s1. The highest BCUT2D eigenvalue weighted by atomic mass is 31.2. The number of aliphatic hydroxyl groups excluding tert-OH is 2. The van der Waals surface area contributed by atoms with Gasteiger partial charge in [-0.15, -0.1) is 0 Å². The highest BCUT2D eigenvalue weighted by molar-refractivity contribution is 7.52. The fraction of sp³-hybridized carbons (Fsp3) is 0.500. The number of alkyl halides is 1. The molecule has 6 atom stereocenters. The van der Waals surface area contributed by atoms with Crippen LogP contribution in [0.2, 0.25) is 0 Å². The largest absolute Gasteiger partial charge is 0.476 e. The SMILES string of the molecule is CCOc1nc(N)nc2c1ncn2[C@@H]1O[C@](F)(COP(=O)(N[C@@H](C)C(=O)OC(C)C)Oc2ccccc2)[C@@H](O)[C@H]1O. The summed E-state index contributed by atoms with van der Waals surface area (Å²) in [7, 11) is -4.51. The maximum atomic E-state index is 16.0. The summed E-state index contributed by atoms with van der Waals surface area (Å²) in [5.41, 5.74) is 5.97. The first-order valence-corrected chi connectivity index (χ1v) is 14.2. The molecular weight excluding hydrogens is 566 g/mol. The summed E-state index contributed by atoms with van der Waals surface area (Å²) in [5.74, 6) is -3.89. The van der Waals surface area contributed by atoms with Gasteiger partial charge in [-0.3, -0.25) is 13.9 Å². The first kappa shape index (κ1) is 30.6. The van der Waals surface area contributed by atoms with Gasteiger partial charge in [0.2, 0.25) is 11.8 Å². The second-order valence-corrected chi connectivity index (χ2v) is 11.1. The number of carbonyl (C=O) groups is 1. The van der Waals surface area contributed by atoms with Crippen LogP contribution in [0.4, 0.5) is 10.3 Å². The Kier molecular flexibility index (Phi) is 9.11. The van der Waals surface area contributed by atoms with Crippen molar-refractivity contribution in [2.75, 3.05) is 18.9 Å². The molecule has 0 amide bonds. The minimum atomic E-state index is -4.51. The summed E-state index contributed by atoms with van der Waals surface area (Å²) < 4.78 is 57.7. The lowest BCUT2D eigenvalue weighted by Crippen LogP contribution is -2.44. The Labute approximate surface area is 234 Å². The van der Waals surface area contributed by atoms with Crippen molar-refractivity contribution in [1.82, 2.24) is 24.6 Å². The monoisotopic (exact) mass is 598 g/mol. The van der Waals surface area contributed by atoms with Crippen molar-refractivity contribution in [2.24, 2.45) is 0 Å². The van der Waals surface area contributed by atoms with Crippen LogP contribution in [0, 0.1) is 0 Å². The third kappa shape index (κ3) is 6.74. The summed E-state index contributed by atoms with van der Waals surface area (Å²) in [6.45, 7) is 5.42. The molecule has 1 aliphatic heterocycles. The molecule has 17 heteroatoms. The van der Waals surface area contributed by atoms with E-state index in [0.29, 0.717) is 0 Å². The lowest BCUT2D eigenvalue weighted by molar-refractivity contribution is -0.202. The maximum Gasteiger partial charge on any atom is 0.459 e. The summed E-state index contributed by atoms with van der Waals surface area (Å²) in [6, 6.07) is 6.62. The van der Waals surface area contributed by atoms with Crippen molar-refractivity contribution in [3.05, 3.63) is 36.7 Å². The zero-order valence-electron chi connectivity index (χ0n) is 22.7. The topological polar surface area (TPSA) is 202 Å². The van der Waals surface area contributed by atoms with Gasteiger partial charge < -0.3 is 34.7 Å². The first-order chi connectivity index (χ1) is 19.4. The summed E-state index contributed by atoms with van der Waals surface area (Å²) >= 11 is 0. The number of nitrogens with two attached hydrogens (primary N) is 1. The number of aromatic nitrogens is 4. The zero-order chi connectivity index (χ0) is 29.9. The molecule has 15 nitrogen and oxygen atoms in total. The number of nitrogens with zero attached hydrogens (tertiary/aromatic N) is 4. The molecule has 1 fully saturated rings. The van der Waals surface area contributed by atoms with Crippen LogP contribution in [0.25, 0.3) is 11.2 Å². The second kappa shape index (κ2) is 12.2. The van der Waals surface area contributed by atoms with Gasteiger partial charge in [-0.05, 0) is 39.8 Å². The lowest BCUT2D eigenvalue weighted by atomic mass is 10.1. The van der Waals surface area contributed by atoms with Crippen molar-refractivity contribution >= 4 is 30.8 Å². The predicted molar refractivity (Wildman–Crippen MR) is 141 cm³/mol. The summed E-state index contributed by atoms with van der Waals surface area (Å²) in [5, 5.41) is 23.8. The minimum absolute atomic E-state index is 0.0413. The van der Waals surface area contributed by atoms with E-state index in [2.05, 4.69) is 20.0 Å². The number of para-hydroxylation sites is 1. The Hall–Kier alpha value is -3.40. The van der Waals surface area contributed by atoms with Gasteiger partial charge >= 0.3 is 13.7 Å². The highest BCUT2D eigenvalue weighted by Gasteiger charge is 2.57. The molecule has 0 radical (unpaired) electrons. The molecule has 1 saturated heterocycles. The summed E-state index contributed by atoms with van der Waals surface area (Å²) in [4.78, 5) is 24.5. The quantitative estimate of drug-likeness (QED) is 0.174. The number of fused-ring (bicyclic) bond motifs is 1. The number of imidazole rings is 1. The van der Waals surface area contributed by atoms with Gasteiger partial charge in [-0.25, -0.2) is 13.9 Å². The predicted octanol–water partition coefficient (Wildman–Crippen LogP) is 1.86. The van der Waals surface area contributed by atoms with E-state index >= 15 is 4.39 Å². The Morgan fingerprint density at radius 3 is 2.63 bits per heavy atom. The van der Waals surface area contributed by atoms with Crippen LogP contribution in [0.3, 0.4) is 0 Å². The molecule has 1 aromatic carbocycles. The average Bonchev–Trinajstić information content (AvgIpc) is 3.42. The smallest absolute Gasteiger partial charge is 0.459 e. The van der Waals surface area contributed by atoms with Crippen molar-refractivity contribution in [1.29, 1.82) is 0 Å². The minimum Gasteiger partial charge on any atom is -0.476 e. The maximum absolute atomic E-state index is 16.0. The molecule has 1 unspecified atom stereocenters. The Morgan fingerprint density at radius 2 is 1.98 bits per heavy atom. The number of esters is 1. The van der Waals surface area contributed by atoms with Crippen LogP contribution >= 0.6 is 7.75 Å². The van der Waals surface area contributed by atoms with Gasteiger partial charge in [0, 0.05) is 0 Å². The number of rotatable bonds is 12. The molecule has 41 heavy (non-hydrogen) atoms. The van der Waals surface area contributed by atoms with E-state index in [1.807, 2.05) is 0 Å². The van der Waals surface area contributed by atoms with Crippen LogP contribution < -0.4 is 20.1 Å². The van der Waals surface area contributed by atoms with Crippen molar-refractivity contribution in [3.8, 4) is 11.6 Å². The number of hydrogen-bond acceptors (Lipinski definition) is 13. The number of ether oxygens (including phenoxy) is 3. The third-order valence-corrected chi connectivity index (χ3v) is 7.42. The molecule has 224 valence electrons. The van der Waals surface area contributed by atoms with Crippen LogP contribution in [0.1, 0.15) is 33.9 Å². The fourth-order valence-electron chi connectivity index (χ4n) is 3.93. The van der Waals surface area contributed by atoms with Gasteiger partial charge in [-0.2, -0.15) is 15.1 Å². The number of anilines is 1. The molecule has 3 heterocycles. The molecule has 0 aliphatic carbocycles. The van der Waals surface area contributed by atoms with Crippen LogP contribution in [0.5, 0.6) is 11.6 Å². The number of nitrogen functional groups attached to an aromatic ring is 1. The van der Waals surface area contributed by atoms with E-state index in [4.69, 9.17) is 29.0 Å².